The van der Waals surface area contributed by atoms with E-state index >= 15 is 0 Å². The molecule has 0 fully saturated rings. The van der Waals surface area contributed by atoms with Crippen LogP contribution in [0, 0.1) is 0 Å². The fourth-order valence-corrected chi connectivity index (χ4v) is 0. The van der Waals surface area contributed by atoms with Crippen molar-refractivity contribution in [2.75, 3.05) is 0 Å². The second kappa shape index (κ2) is 1.49. The Labute approximate surface area is 36.7 Å². The molecule has 2 heteroatoms. The zero-order chi connectivity index (χ0) is 3.58. The van der Waals surface area contributed by atoms with Crippen molar-refractivity contribution in [1.29, 1.82) is 0 Å². The van der Waals surface area contributed by atoms with Gasteiger partial charge in [-0.15, -0.1) is 6.58 Å². The summed E-state index contributed by atoms with van der Waals surface area (Å²) >= 11 is 8.48. The van der Waals surface area contributed by atoms with E-state index in [2.05, 4.69) is 31.8 Å². The van der Waals surface area contributed by atoms with Gasteiger partial charge < -0.3 is 29.5 Å². The van der Waals surface area contributed by atoms with Crippen molar-refractivity contribution in [2.45, 2.75) is 0 Å². The van der Waals surface area contributed by atoms with Gasteiger partial charge in [-0.1, -0.05) is 0 Å². The molecule has 4 heavy (non-hydrogen) atoms. The van der Waals surface area contributed by atoms with E-state index in [0.29, 0.717) is 4.24 Å². The second-order valence-corrected chi connectivity index (χ2v) is 1.62. The average molecular weight is 90.2 g/mol. The topological polar surface area (TPSA) is 0 Å². The first-order valence-corrected chi connectivity index (χ1v) is 1.58. The summed E-state index contributed by atoms with van der Waals surface area (Å²) in [5.74, 6) is 0. The smallest absolute Gasteiger partial charge is 0.144 e. The Balaban J connectivity index is 2.80. The van der Waals surface area contributed by atoms with E-state index in [0.717, 1.165) is 0 Å². The van der Waals surface area contributed by atoms with E-state index in [-0.39, 0.29) is 0 Å². The molecule has 0 atom stereocenters. The average Bonchev–Trinajstić information content (AvgIpc) is 0.811. The Hall–Kier alpha value is 0.180. The molecule has 0 aromatic rings. The van der Waals surface area contributed by atoms with Crippen molar-refractivity contribution in [3.8, 4) is 0 Å². The summed E-state index contributed by atoms with van der Waals surface area (Å²) in [6.07, 6.45) is 0. The van der Waals surface area contributed by atoms with Crippen LogP contribution in [0.3, 0.4) is 0 Å². The standard InChI is InChI=1S/C2H4S2/c1-2(3)4/h3-4H,1H2/p-2. The van der Waals surface area contributed by atoms with E-state index in [1.54, 1.807) is 0 Å². The molecule has 24 valence electrons. The van der Waals surface area contributed by atoms with Crippen LogP contribution in [0.5, 0.6) is 0 Å². The van der Waals surface area contributed by atoms with Crippen LogP contribution in [0.15, 0.2) is 10.8 Å². The molecule has 0 amide bonds. The van der Waals surface area contributed by atoms with Gasteiger partial charge >= 0.3 is 0 Å². The molecule has 0 spiro atoms. The molecule has 0 aromatic heterocycles. The maximum atomic E-state index is 4.24. The van der Waals surface area contributed by atoms with E-state index in [1.165, 1.54) is 0 Å². The van der Waals surface area contributed by atoms with Gasteiger partial charge in [0.2, 0.25) is 0 Å². The van der Waals surface area contributed by atoms with E-state index in [9.17, 15) is 0 Å². The molecule has 0 aliphatic heterocycles. The summed E-state index contributed by atoms with van der Waals surface area (Å²) in [6, 6.07) is 0. The van der Waals surface area contributed by atoms with Gasteiger partial charge in [-0.2, -0.15) is 0 Å². The molecule has 0 aliphatic rings. The summed E-state index contributed by atoms with van der Waals surface area (Å²) < 4.78 is 0.333. The zero-order valence-corrected chi connectivity index (χ0v) is 3.66. The fourth-order valence-electron chi connectivity index (χ4n) is 0. The second-order valence-electron chi connectivity index (χ2n) is 0.372. The van der Waals surface area contributed by atoms with E-state index in [4.69, 9.17) is 0 Å². The molecule has 0 heterocycles. The van der Waals surface area contributed by atoms with Crippen LogP contribution in [-0.2, 0) is 25.3 Å². The predicted octanol–water partition coefficient (Wildman–Crippen LogP) is 0.551. The molecule has 0 unspecified atom stereocenters. The minimum absolute atomic E-state index is 0.333. The first-order chi connectivity index (χ1) is 1.73. The third-order valence-electron chi connectivity index (χ3n) is 0. The molecular formula is C2H2S2-2. The molecule has 0 rings (SSSR count). The lowest BCUT2D eigenvalue weighted by atomic mass is 11.3. The normalized spacial score (nSPS) is 6.00. The molecule has 0 nitrogen and oxygen atoms in total. The third kappa shape index (κ3) is 93.7. The molecule has 0 aliphatic carbocycles. The van der Waals surface area contributed by atoms with Gasteiger partial charge in [-0.25, -0.2) is 0 Å². The Morgan fingerprint density at radius 1 is 1.50 bits per heavy atom. The SMILES string of the molecule is C=C([S-])[S-]. The largest absolute Gasteiger partial charge is 0.808 e. The molecule has 0 bridgehead atoms. The molecule has 0 saturated carbocycles. The highest BCUT2D eigenvalue weighted by molar-refractivity contribution is 7.84. The molecule has 0 aromatic carbocycles. The highest BCUT2D eigenvalue weighted by Crippen LogP contribution is 1.68. The summed E-state index contributed by atoms with van der Waals surface area (Å²) in [5.41, 5.74) is 0. The van der Waals surface area contributed by atoms with E-state index in [1.807, 2.05) is 0 Å². The van der Waals surface area contributed by atoms with Gasteiger partial charge in [0.1, 0.15) is 0 Å². The lowest BCUT2D eigenvalue weighted by Gasteiger charge is -2.12. The van der Waals surface area contributed by atoms with Crippen LogP contribution in [-0.4, -0.2) is 0 Å². The Kier molecular flexibility index (Phi) is 1.56. The monoisotopic (exact) mass is 90.0 g/mol. The van der Waals surface area contributed by atoms with E-state index < -0.39 is 0 Å². The first-order valence-electron chi connectivity index (χ1n) is 0.762. The minimum Gasteiger partial charge on any atom is -0.808 e. The van der Waals surface area contributed by atoms with Crippen LogP contribution >= 0.6 is 0 Å². The number of hydrogen-bond acceptors (Lipinski definition) is 2. The van der Waals surface area contributed by atoms with Gasteiger partial charge in [0.25, 0.3) is 0 Å². The van der Waals surface area contributed by atoms with Crippen LogP contribution in [0.4, 0.5) is 0 Å². The highest BCUT2D eigenvalue weighted by Gasteiger charge is 1.11. The van der Waals surface area contributed by atoms with Crippen molar-refractivity contribution in [2.24, 2.45) is 0 Å². The quantitative estimate of drug-likeness (QED) is 0.398. The van der Waals surface area contributed by atoms with Crippen LogP contribution < -0.4 is 0 Å². The predicted molar refractivity (Wildman–Crippen MR) is 23.9 cm³/mol. The zero-order valence-electron chi connectivity index (χ0n) is 2.02. The van der Waals surface area contributed by atoms with Crippen LogP contribution in [0.2, 0.25) is 0 Å². The third-order valence-corrected chi connectivity index (χ3v) is 0. The van der Waals surface area contributed by atoms with Gasteiger partial charge in [-0.05, 0) is 0 Å². The van der Waals surface area contributed by atoms with Gasteiger partial charge in [0.15, 0.2) is 0 Å². The Morgan fingerprint density at radius 3 is 1.50 bits per heavy atom. The molecular weight excluding hydrogens is 88.2 g/mol. The first kappa shape index (κ1) is 4.18. The van der Waals surface area contributed by atoms with Crippen LogP contribution in [0.25, 0.3) is 0 Å². The maximum absolute atomic E-state index is 4.24. The molecule has 0 N–H and O–H groups in total. The number of hydrogen-bond donors (Lipinski definition) is 0. The summed E-state index contributed by atoms with van der Waals surface area (Å²) in [7, 11) is 0. The van der Waals surface area contributed by atoms with Crippen LogP contribution in [0.1, 0.15) is 0 Å². The Morgan fingerprint density at radius 2 is 1.50 bits per heavy atom. The highest BCUT2D eigenvalue weighted by atomic mass is 32.2. The fraction of sp³-hybridized carbons (Fsp3) is 0. The van der Waals surface area contributed by atoms with Crippen molar-refractivity contribution < 1.29 is 0 Å². The van der Waals surface area contributed by atoms with Gasteiger partial charge in [-0.3, -0.25) is 0 Å². The lowest BCUT2D eigenvalue weighted by Crippen LogP contribution is -1.49. The minimum atomic E-state index is 0.333. The lowest BCUT2D eigenvalue weighted by molar-refractivity contribution is 2.57. The Bertz CT molecular complexity index is 27.0. The van der Waals surface area contributed by atoms with Gasteiger partial charge in [0.05, 0.1) is 0 Å². The molecule has 0 saturated heterocycles. The van der Waals surface area contributed by atoms with Crippen molar-refractivity contribution >= 4 is 25.3 Å². The van der Waals surface area contributed by atoms with Crippen molar-refractivity contribution in [3.63, 3.8) is 0 Å². The molecule has 0 radical (unpaired) electrons. The number of rotatable bonds is 0. The van der Waals surface area contributed by atoms with Gasteiger partial charge in [0, 0.05) is 0 Å². The van der Waals surface area contributed by atoms with Crippen molar-refractivity contribution in [3.05, 3.63) is 10.8 Å². The summed E-state index contributed by atoms with van der Waals surface area (Å²) in [5, 5.41) is 0. The summed E-state index contributed by atoms with van der Waals surface area (Å²) in [6.45, 7) is 3.19. The van der Waals surface area contributed by atoms with Crippen molar-refractivity contribution in [1.82, 2.24) is 0 Å². The summed E-state index contributed by atoms with van der Waals surface area (Å²) in [4.78, 5) is 0. The maximum Gasteiger partial charge on any atom is -0.144 e.